The Kier molecular flexibility index (Phi) is 3.11. The number of nitrogens with zero attached hydrogens (tertiary/aromatic N) is 4. The number of hydrogen-bond acceptors (Lipinski definition) is 4. The number of carbonyl (C=O) groups excluding carboxylic acids is 1. The van der Waals surface area contributed by atoms with Crippen LogP contribution in [0.5, 0.6) is 0 Å². The fourth-order valence-electron chi connectivity index (χ4n) is 3.18. The maximum atomic E-state index is 12.6. The van der Waals surface area contributed by atoms with Crippen LogP contribution in [-0.2, 0) is 17.6 Å². The van der Waals surface area contributed by atoms with E-state index in [-0.39, 0.29) is 5.91 Å². The quantitative estimate of drug-likeness (QED) is 0.787. The van der Waals surface area contributed by atoms with Crippen LogP contribution in [-0.4, -0.2) is 51.7 Å². The molecule has 0 aromatic carbocycles. The van der Waals surface area contributed by atoms with Gasteiger partial charge >= 0.3 is 0 Å². The Hall–Kier alpha value is -1.95. The maximum Gasteiger partial charge on any atom is 0.259 e. The second kappa shape index (κ2) is 5.11. The van der Waals surface area contributed by atoms with Gasteiger partial charge in [0, 0.05) is 25.0 Å². The van der Waals surface area contributed by atoms with Crippen molar-refractivity contribution in [3.63, 3.8) is 0 Å². The second-order valence-electron chi connectivity index (χ2n) is 5.64. The molecule has 1 aliphatic carbocycles. The average molecular weight is 286 g/mol. The monoisotopic (exact) mass is 286 g/mol. The molecular weight excluding hydrogens is 268 g/mol. The molecule has 3 heterocycles. The van der Waals surface area contributed by atoms with E-state index < -0.39 is 0 Å². The third kappa shape index (κ3) is 2.10. The Morgan fingerprint density at radius 1 is 1.14 bits per heavy atom. The molecule has 6 heteroatoms. The highest BCUT2D eigenvalue weighted by Crippen LogP contribution is 2.22. The van der Waals surface area contributed by atoms with E-state index in [9.17, 15) is 4.79 Å². The van der Waals surface area contributed by atoms with Gasteiger partial charge in [0.25, 0.3) is 5.91 Å². The molecular formula is C15H18N4O2. The van der Waals surface area contributed by atoms with Crippen LogP contribution in [0.2, 0.25) is 0 Å². The molecule has 6 nitrogen and oxygen atoms in total. The first-order valence-electron chi connectivity index (χ1n) is 7.56. The predicted octanol–water partition coefficient (Wildman–Crippen LogP) is 1.08. The van der Waals surface area contributed by atoms with E-state index in [2.05, 4.69) is 10.1 Å². The zero-order valence-corrected chi connectivity index (χ0v) is 11.9. The first kappa shape index (κ1) is 12.8. The van der Waals surface area contributed by atoms with Crippen LogP contribution in [0.25, 0.3) is 5.65 Å². The molecule has 1 amide bonds. The lowest BCUT2D eigenvalue weighted by atomic mass is 9.97. The Morgan fingerprint density at radius 2 is 1.95 bits per heavy atom. The van der Waals surface area contributed by atoms with E-state index in [0.717, 1.165) is 12.8 Å². The molecule has 2 aliphatic rings. The molecule has 2 aromatic rings. The number of carbonyl (C=O) groups is 1. The Balaban J connectivity index is 1.74. The van der Waals surface area contributed by atoms with Crippen molar-refractivity contribution in [2.24, 2.45) is 0 Å². The molecule has 21 heavy (non-hydrogen) atoms. The summed E-state index contributed by atoms with van der Waals surface area (Å²) in [4.78, 5) is 18.9. The SMILES string of the molecule is O=C(c1cnn2c3c(cnc12)CCCC3)N1CCOCC1. The molecule has 0 saturated carbocycles. The van der Waals surface area contributed by atoms with Crippen LogP contribution in [0.15, 0.2) is 12.4 Å². The largest absolute Gasteiger partial charge is 0.378 e. The first-order chi connectivity index (χ1) is 10.3. The molecule has 0 atom stereocenters. The zero-order valence-electron chi connectivity index (χ0n) is 11.9. The average Bonchev–Trinajstić information content (AvgIpc) is 2.99. The molecule has 1 fully saturated rings. The van der Waals surface area contributed by atoms with Crippen LogP contribution < -0.4 is 0 Å². The molecule has 110 valence electrons. The number of rotatable bonds is 1. The minimum atomic E-state index is 0.0107. The molecule has 0 bridgehead atoms. The van der Waals surface area contributed by atoms with E-state index in [0.29, 0.717) is 37.5 Å². The lowest BCUT2D eigenvalue weighted by molar-refractivity contribution is 0.0304. The molecule has 0 unspecified atom stereocenters. The summed E-state index contributed by atoms with van der Waals surface area (Å²) in [6.45, 7) is 2.49. The van der Waals surface area contributed by atoms with Gasteiger partial charge in [0.15, 0.2) is 5.65 Å². The second-order valence-corrected chi connectivity index (χ2v) is 5.64. The van der Waals surface area contributed by atoms with Gasteiger partial charge in [-0.1, -0.05) is 0 Å². The van der Waals surface area contributed by atoms with Crippen molar-refractivity contribution in [1.82, 2.24) is 19.5 Å². The van der Waals surface area contributed by atoms with Crippen molar-refractivity contribution >= 4 is 11.6 Å². The molecule has 1 saturated heterocycles. The maximum absolute atomic E-state index is 12.6. The van der Waals surface area contributed by atoms with Gasteiger partial charge < -0.3 is 9.64 Å². The number of aryl methyl sites for hydroxylation is 2. The van der Waals surface area contributed by atoms with Crippen LogP contribution in [0.1, 0.15) is 34.5 Å². The van der Waals surface area contributed by atoms with Crippen LogP contribution >= 0.6 is 0 Å². The van der Waals surface area contributed by atoms with Crippen molar-refractivity contribution in [2.75, 3.05) is 26.3 Å². The molecule has 0 radical (unpaired) electrons. The summed E-state index contributed by atoms with van der Waals surface area (Å²) in [5.41, 5.74) is 3.77. The highest BCUT2D eigenvalue weighted by atomic mass is 16.5. The summed E-state index contributed by atoms with van der Waals surface area (Å²) in [5.74, 6) is 0.0107. The molecule has 0 spiro atoms. The number of morpholine rings is 1. The van der Waals surface area contributed by atoms with Crippen molar-refractivity contribution in [3.05, 3.63) is 29.2 Å². The van der Waals surface area contributed by atoms with Crippen molar-refractivity contribution in [1.29, 1.82) is 0 Å². The minimum Gasteiger partial charge on any atom is -0.378 e. The van der Waals surface area contributed by atoms with Gasteiger partial charge in [0.05, 0.1) is 19.4 Å². The van der Waals surface area contributed by atoms with Gasteiger partial charge in [0.2, 0.25) is 0 Å². The molecule has 1 aliphatic heterocycles. The van der Waals surface area contributed by atoms with Crippen LogP contribution in [0.3, 0.4) is 0 Å². The molecule has 4 rings (SSSR count). The third-order valence-electron chi connectivity index (χ3n) is 4.35. The van der Waals surface area contributed by atoms with Crippen LogP contribution in [0.4, 0.5) is 0 Å². The summed E-state index contributed by atoms with van der Waals surface area (Å²) in [5, 5.41) is 4.42. The third-order valence-corrected chi connectivity index (χ3v) is 4.35. The fraction of sp³-hybridized carbons (Fsp3) is 0.533. The molecule has 0 N–H and O–H groups in total. The summed E-state index contributed by atoms with van der Waals surface area (Å²) in [6.07, 6.45) is 8.04. The van der Waals surface area contributed by atoms with Gasteiger partial charge in [-0.05, 0) is 31.2 Å². The topological polar surface area (TPSA) is 59.7 Å². The Bertz CT molecular complexity index is 688. The van der Waals surface area contributed by atoms with E-state index in [4.69, 9.17) is 4.74 Å². The van der Waals surface area contributed by atoms with Gasteiger partial charge in [-0.2, -0.15) is 5.10 Å². The van der Waals surface area contributed by atoms with E-state index in [1.54, 1.807) is 6.20 Å². The van der Waals surface area contributed by atoms with Gasteiger partial charge in [-0.3, -0.25) is 4.79 Å². The van der Waals surface area contributed by atoms with E-state index in [1.165, 1.54) is 24.1 Å². The number of fused-ring (bicyclic) bond motifs is 3. The van der Waals surface area contributed by atoms with Gasteiger partial charge in [-0.15, -0.1) is 0 Å². The van der Waals surface area contributed by atoms with Crippen molar-refractivity contribution in [3.8, 4) is 0 Å². The molecule has 2 aromatic heterocycles. The zero-order chi connectivity index (χ0) is 14.2. The van der Waals surface area contributed by atoms with E-state index in [1.807, 2.05) is 15.6 Å². The normalized spacial score (nSPS) is 18.8. The first-order valence-corrected chi connectivity index (χ1v) is 7.56. The predicted molar refractivity (Wildman–Crippen MR) is 76.4 cm³/mol. The minimum absolute atomic E-state index is 0.0107. The fourth-order valence-corrected chi connectivity index (χ4v) is 3.18. The van der Waals surface area contributed by atoms with Gasteiger partial charge in [0.1, 0.15) is 5.56 Å². The smallest absolute Gasteiger partial charge is 0.259 e. The highest BCUT2D eigenvalue weighted by molar-refractivity contribution is 5.99. The van der Waals surface area contributed by atoms with E-state index >= 15 is 0 Å². The lowest BCUT2D eigenvalue weighted by Gasteiger charge is -2.26. The van der Waals surface area contributed by atoms with Crippen LogP contribution in [0, 0.1) is 0 Å². The van der Waals surface area contributed by atoms with Crippen molar-refractivity contribution < 1.29 is 9.53 Å². The number of ether oxygens (including phenoxy) is 1. The Morgan fingerprint density at radius 3 is 2.81 bits per heavy atom. The number of amides is 1. The Labute approximate surface area is 122 Å². The standard InChI is InChI=1S/C15H18N4O2/c20-15(18-5-7-21-8-6-18)12-10-17-19-13-4-2-1-3-11(13)9-16-14(12)19/h9-10H,1-8H2. The lowest BCUT2D eigenvalue weighted by Crippen LogP contribution is -2.40. The highest BCUT2D eigenvalue weighted by Gasteiger charge is 2.24. The van der Waals surface area contributed by atoms with Crippen molar-refractivity contribution in [2.45, 2.75) is 25.7 Å². The summed E-state index contributed by atoms with van der Waals surface area (Å²) in [7, 11) is 0. The summed E-state index contributed by atoms with van der Waals surface area (Å²) < 4.78 is 7.16. The van der Waals surface area contributed by atoms with Gasteiger partial charge in [-0.25, -0.2) is 9.50 Å². The number of hydrogen-bond donors (Lipinski definition) is 0. The summed E-state index contributed by atoms with van der Waals surface area (Å²) in [6, 6.07) is 0. The summed E-state index contributed by atoms with van der Waals surface area (Å²) >= 11 is 0. The number of aromatic nitrogens is 3.